The van der Waals surface area contributed by atoms with Gasteiger partial charge in [-0.15, -0.1) is 11.3 Å². The maximum absolute atomic E-state index is 5.64. The molecule has 1 aromatic heterocycles. The summed E-state index contributed by atoms with van der Waals surface area (Å²) in [6.07, 6.45) is 2.65. The number of rotatable bonds is 3. The van der Waals surface area contributed by atoms with Gasteiger partial charge in [0.1, 0.15) is 5.75 Å². The van der Waals surface area contributed by atoms with Crippen LogP contribution in [0.5, 0.6) is 5.75 Å². The quantitative estimate of drug-likeness (QED) is 0.834. The number of ether oxygens (including phenoxy) is 1. The van der Waals surface area contributed by atoms with Crippen molar-refractivity contribution in [1.82, 2.24) is 4.90 Å². The molecule has 1 aliphatic carbocycles. The first kappa shape index (κ1) is 13.0. The van der Waals surface area contributed by atoms with Gasteiger partial charge in [0, 0.05) is 27.1 Å². The Morgan fingerprint density at radius 1 is 1.32 bits per heavy atom. The van der Waals surface area contributed by atoms with Crippen LogP contribution in [0.3, 0.4) is 0 Å². The number of benzene rings is 1. The van der Waals surface area contributed by atoms with Crippen molar-refractivity contribution in [3.05, 3.63) is 34.0 Å². The van der Waals surface area contributed by atoms with Gasteiger partial charge in [-0.3, -0.25) is 4.99 Å². The fourth-order valence-corrected chi connectivity index (χ4v) is 5.48. The molecular formula is C17H16N2OS2. The van der Waals surface area contributed by atoms with Crippen LogP contribution in [0.15, 0.2) is 33.5 Å². The number of hydrogen-bond donors (Lipinski definition) is 0. The fourth-order valence-electron chi connectivity index (χ4n) is 3.27. The van der Waals surface area contributed by atoms with E-state index in [-0.39, 0.29) is 0 Å². The fraction of sp³-hybridized carbons (Fsp3) is 0.353. The van der Waals surface area contributed by atoms with Gasteiger partial charge < -0.3 is 9.64 Å². The molecular weight excluding hydrogens is 312 g/mol. The molecule has 22 heavy (non-hydrogen) atoms. The van der Waals surface area contributed by atoms with Gasteiger partial charge >= 0.3 is 0 Å². The lowest BCUT2D eigenvalue weighted by Gasteiger charge is -2.18. The Hall–Kier alpha value is -1.46. The number of thiophene rings is 1. The normalized spacial score (nSPS) is 20.8. The first-order valence-electron chi connectivity index (χ1n) is 7.65. The van der Waals surface area contributed by atoms with E-state index in [1.54, 1.807) is 18.4 Å². The van der Waals surface area contributed by atoms with Gasteiger partial charge in [0.25, 0.3) is 0 Å². The predicted molar refractivity (Wildman–Crippen MR) is 94.6 cm³/mol. The van der Waals surface area contributed by atoms with E-state index in [2.05, 4.69) is 33.5 Å². The SMILES string of the molecule is COc1cc(C2=C(C3CC3)SC3=NCCN32)cc2sccc12. The molecule has 0 atom stereocenters. The standard InChI is InChI=1S/C17H16N2OS2/c1-20-13-8-11(9-14-12(13)4-7-21-14)15-16(10-2-3-10)22-17-18-5-6-19(15)17/h4,7-10H,2-3,5-6H2,1H3. The summed E-state index contributed by atoms with van der Waals surface area (Å²) < 4.78 is 6.93. The van der Waals surface area contributed by atoms with Crippen LogP contribution < -0.4 is 4.74 Å². The van der Waals surface area contributed by atoms with E-state index in [1.807, 2.05) is 11.8 Å². The molecule has 112 valence electrons. The zero-order valence-electron chi connectivity index (χ0n) is 12.3. The van der Waals surface area contributed by atoms with E-state index < -0.39 is 0 Å². The minimum atomic E-state index is 0.748. The first-order valence-corrected chi connectivity index (χ1v) is 9.34. The summed E-state index contributed by atoms with van der Waals surface area (Å²) >= 11 is 3.68. The van der Waals surface area contributed by atoms with Gasteiger partial charge in [0.05, 0.1) is 19.4 Å². The summed E-state index contributed by atoms with van der Waals surface area (Å²) in [5, 5.41) is 4.55. The summed E-state index contributed by atoms with van der Waals surface area (Å²) in [7, 11) is 1.76. The highest BCUT2D eigenvalue weighted by Gasteiger charge is 2.40. The largest absolute Gasteiger partial charge is 0.496 e. The van der Waals surface area contributed by atoms with Crippen LogP contribution in [0.25, 0.3) is 15.8 Å². The Morgan fingerprint density at radius 3 is 3.05 bits per heavy atom. The number of fused-ring (bicyclic) bond motifs is 2. The third-order valence-corrected chi connectivity index (χ3v) is 6.62. The van der Waals surface area contributed by atoms with Crippen molar-refractivity contribution in [1.29, 1.82) is 0 Å². The van der Waals surface area contributed by atoms with Gasteiger partial charge in [-0.05, 0) is 42.3 Å². The first-order chi connectivity index (χ1) is 10.8. The summed E-state index contributed by atoms with van der Waals surface area (Å²) in [4.78, 5) is 8.60. The minimum absolute atomic E-state index is 0.748. The molecule has 0 radical (unpaired) electrons. The number of nitrogens with zero attached hydrogens (tertiary/aromatic N) is 2. The van der Waals surface area contributed by atoms with E-state index in [0.717, 1.165) is 24.8 Å². The lowest BCUT2D eigenvalue weighted by atomic mass is 10.1. The van der Waals surface area contributed by atoms with Crippen molar-refractivity contribution < 1.29 is 4.74 Å². The van der Waals surface area contributed by atoms with Crippen LogP contribution in [-0.4, -0.2) is 30.3 Å². The highest BCUT2D eigenvalue weighted by molar-refractivity contribution is 8.17. The summed E-state index contributed by atoms with van der Waals surface area (Å²) in [5.74, 6) is 1.73. The van der Waals surface area contributed by atoms with E-state index in [9.17, 15) is 0 Å². The molecule has 0 saturated heterocycles. The second-order valence-electron chi connectivity index (χ2n) is 5.92. The molecule has 0 bridgehead atoms. The molecule has 1 saturated carbocycles. The Bertz CT molecular complexity index is 832. The topological polar surface area (TPSA) is 24.8 Å². The zero-order chi connectivity index (χ0) is 14.7. The van der Waals surface area contributed by atoms with Crippen LogP contribution in [0, 0.1) is 5.92 Å². The number of allylic oxidation sites excluding steroid dienone is 1. The van der Waals surface area contributed by atoms with Crippen molar-refractivity contribution in [3.63, 3.8) is 0 Å². The zero-order valence-corrected chi connectivity index (χ0v) is 14.0. The average Bonchev–Trinajstić information content (AvgIpc) is 2.96. The predicted octanol–water partition coefficient (Wildman–Crippen LogP) is 4.41. The number of hydrogen-bond acceptors (Lipinski definition) is 5. The van der Waals surface area contributed by atoms with Crippen LogP contribution in [-0.2, 0) is 0 Å². The molecule has 2 aromatic rings. The maximum Gasteiger partial charge on any atom is 0.168 e. The van der Waals surface area contributed by atoms with Gasteiger partial charge in [0.15, 0.2) is 5.17 Å². The second-order valence-corrected chi connectivity index (χ2v) is 7.87. The molecule has 3 nitrogen and oxygen atoms in total. The Morgan fingerprint density at radius 2 is 2.23 bits per heavy atom. The monoisotopic (exact) mass is 328 g/mol. The molecule has 2 aliphatic heterocycles. The van der Waals surface area contributed by atoms with Gasteiger partial charge in [-0.1, -0.05) is 11.8 Å². The molecule has 5 heteroatoms. The summed E-state index contributed by atoms with van der Waals surface area (Å²) in [6.45, 7) is 1.93. The average molecular weight is 328 g/mol. The Balaban J connectivity index is 1.71. The highest BCUT2D eigenvalue weighted by Crippen LogP contribution is 2.53. The van der Waals surface area contributed by atoms with Crippen molar-refractivity contribution in [3.8, 4) is 5.75 Å². The van der Waals surface area contributed by atoms with Crippen molar-refractivity contribution >= 4 is 44.0 Å². The maximum atomic E-state index is 5.64. The third-order valence-electron chi connectivity index (χ3n) is 4.48. The van der Waals surface area contributed by atoms with Crippen molar-refractivity contribution in [2.75, 3.05) is 20.2 Å². The molecule has 0 N–H and O–H groups in total. The van der Waals surface area contributed by atoms with Crippen molar-refractivity contribution in [2.24, 2.45) is 10.9 Å². The van der Waals surface area contributed by atoms with Gasteiger partial charge in [-0.25, -0.2) is 0 Å². The number of amidine groups is 1. The van der Waals surface area contributed by atoms with Crippen LogP contribution in [0.1, 0.15) is 18.4 Å². The van der Waals surface area contributed by atoms with Crippen LogP contribution in [0.4, 0.5) is 0 Å². The van der Waals surface area contributed by atoms with Crippen LogP contribution >= 0.6 is 23.1 Å². The second kappa shape index (κ2) is 4.77. The van der Waals surface area contributed by atoms with E-state index in [4.69, 9.17) is 4.74 Å². The molecule has 0 spiro atoms. The Labute approximate surface area is 137 Å². The molecule has 1 aromatic carbocycles. The van der Waals surface area contributed by atoms with Gasteiger partial charge in [0.2, 0.25) is 0 Å². The Kier molecular flexibility index (Phi) is 2.82. The smallest absolute Gasteiger partial charge is 0.168 e. The van der Waals surface area contributed by atoms with E-state index >= 15 is 0 Å². The molecule has 0 amide bonds. The molecule has 0 unspecified atom stereocenters. The summed E-state index contributed by atoms with van der Waals surface area (Å²) in [6, 6.07) is 6.67. The third kappa shape index (κ3) is 1.85. The highest BCUT2D eigenvalue weighted by atomic mass is 32.2. The van der Waals surface area contributed by atoms with E-state index in [1.165, 1.54) is 44.3 Å². The van der Waals surface area contributed by atoms with Gasteiger partial charge in [-0.2, -0.15) is 0 Å². The molecule has 3 heterocycles. The van der Waals surface area contributed by atoms with E-state index in [0.29, 0.717) is 0 Å². The number of aliphatic imine (C=N–C) groups is 1. The lowest BCUT2D eigenvalue weighted by Crippen LogP contribution is -2.20. The lowest BCUT2D eigenvalue weighted by molar-refractivity contribution is 0.419. The number of thioether (sulfide) groups is 1. The molecule has 5 rings (SSSR count). The number of methoxy groups -OCH3 is 1. The molecule has 3 aliphatic rings. The molecule has 1 fully saturated rings. The van der Waals surface area contributed by atoms with Crippen molar-refractivity contribution in [2.45, 2.75) is 12.8 Å². The van der Waals surface area contributed by atoms with Crippen LogP contribution in [0.2, 0.25) is 0 Å². The summed E-state index contributed by atoms with van der Waals surface area (Å²) in [5.41, 5.74) is 2.67. The minimum Gasteiger partial charge on any atom is -0.496 e.